The summed E-state index contributed by atoms with van der Waals surface area (Å²) in [5.41, 5.74) is 1.41. The second-order valence-electron chi connectivity index (χ2n) is 7.32. The second kappa shape index (κ2) is 6.53. The molecule has 0 aliphatic carbocycles. The molecule has 0 saturated carbocycles. The van der Waals surface area contributed by atoms with Crippen LogP contribution in [0.1, 0.15) is 5.56 Å². The third kappa shape index (κ3) is 2.97. The maximum atomic E-state index is 4.44. The summed E-state index contributed by atoms with van der Waals surface area (Å²) >= 11 is 0. The highest BCUT2D eigenvalue weighted by atomic mass is 15.3. The van der Waals surface area contributed by atoms with Gasteiger partial charge in [-0.15, -0.1) is 10.2 Å². The summed E-state index contributed by atoms with van der Waals surface area (Å²) < 4.78 is 1.87. The predicted molar refractivity (Wildman–Crippen MR) is 100 cm³/mol. The van der Waals surface area contributed by atoms with E-state index in [0.29, 0.717) is 0 Å². The van der Waals surface area contributed by atoms with Gasteiger partial charge in [-0.05, 0) is 29.5 Å². The Hall–Kier alpha value is -2.73. The van der Waals surface area contributed by atoms with Gasteiger partial charge in [-0.2, -0.15) is 0 Å². The summed E-state index contributed by atoms with van der Waals surface area (Å²) in [5.74, 6) is 3.25. The van der Waals surface area contributed by atoms with E-state index in [0.717, 1.165) is 43.1 Å². The number of likely N-dealkylation sites (tertiary alicyclic amines) is 1. The topological polar surface area (TPSA) is 50.1 Å². The monoisotopic (exact) mass is 346 g/mol. The average Bonchev–Trinajstić information content (AvgIpc) is 3.39. The van der Waals surface area contributed by atoms with Crippen LogP contribution in [0.2, 0.25) is 0 Å². The van der Waals surface area contributed by atoms with Crippen molar-refractivity contribution in [2.24, 2.45) is 11.8 Å². The van der Waals surface area contributed by atoms with E-state index in [1.165, 1.54) is 18.7 Å². The summed E-state index contributed by atoms with van der Waals surface area (Å²) in [4.78, 5) is 9.04. The van der Waals surface area contributed by atoms with Crippen LogP contribution < -0.4 is 4.90 Å². The summed E-state index contributed by atoms with van der Waals surface area (Å²) in [6.07, 6.45) is 5.37. The third-order valence-corrected chi connectivity index (χ3v) is 5.54. The first kappa shape index (κ1) is 15.5. The van der Waals surface area contributed by atoms with E-state index in [-0.39, 0.29) is 0 Å². The van der Waals surface area contributed by atoms with Crippen LogP contribution in [0.25, 0.3) is 5.82 Å². The molecule has 2 saturated heterocycles. The summed E-state index contributed by atoms with van der Waals surface area (Å²) in [6, 6.07) is 14.9. The normalized spacial score (nSPS) is 22.7. The summed E-state index contributed by atoms with van der Waals surface area (Å²) in [5, 5.41) is 8.80. The molecule has 1 aromatic carbocycles. The number of imidazole rings is 1. The van der Waals surface area contributed by atoms with Gasteiger partial charge in [0.1, 0.15) is 6.33 Å². The molecule has 2 aromatic heterocycles. The molecule has 2 aliphatic heterocycles. The molecular formula is C20H22N6. The molecule has 26 heavy (non-hydrogen) atoms. The van der Waals surface area contributed by atoms with Gasteiger partial charge >= 0.3 is 0 Å². The van der Waals surface area contributed by atoms with E-state index in [2.05, 4.69) is 61.4 Å². The molecule has 6 heteroatoms. The van der Waals surface area contributed by atoms with E-state index < -0.39 is 0 Å². The molecule has 5 rings (SSSR count). The number of nitrogens with zero attached hydrogens (tertiary/aromatic N) is 6. The first-order valence-corrected chi connectivity index (χ1v) is 9.18. The number of aromatic nitrogens is 4. The molecule has 0 spiro atoms. The lowest BCUT2D eigenvalue weighted by molar-refractivity contribution is 0.309. The largest absolute Gasteiger partial charge is 0.354 e. The van der Waals surface area contributed by atoms with Crippen molar-refractivity contribution in [3.63, 3.8) is 0 Å². The zero-order valence-electron chi connectivity index (χ0n) is 14.6. The summed E-state index contributed by atoms with van der Waals surface area (Å²) in [6.45, 7) is 5.57. The number of benzene rings is 1. The van der Waals surface area contributed by atoms with Gasteiger partial charge in [0, 0.05) is 45.1 Å². The minimum absolute atomic E-state index is 0.730. The van der Waals surface area contributed by atoms with Crippen LogP contribution in [0.3, 0.4) is 0 Å². The van der Waals surface area contributed by atoms with Gasteiger partial charge in [0.05, 0.1) is 0 Å². The Morgan fingerprint density at radius 2 is 1.58 bits per heavy atom. The SMILES string of the molecule is c1ccc(CN2C[C@@H]3CN(c4ccc(-n5ccnc5)nn4)C[C@H]3C2)cc1. The fraction of sp³-hybridized carbons (Fsp3) is 0.350. The van der Waals surface area contributed by atoms with Crippen molar-refractivity contribution in [2.75, 3.05) is 31.1 Å². The minimum Gasteiger partial charge on any atom is -0.354 e. The highest BCUT2D eigenvalue weighted by Gasteiger charge is 2.40. The molecule has 4 heterocycles. The minimum atomic E-state index is 0.730. The van der Waals surface area contributed by atoms with Gasteiger partial charge < -0.3 is 4.90 Å². The Labute approximate surface area is 153 Å². The molecule has 0 bridgehead atoms. The Morgan fingerprint density at radius 3 is 2.23 bits per heavy atom. The van der Waals surface area contributed by atoms with Crippen molar-refractivity contribution in [1.29, 1.82) is 0 Å². The number of anilines is 1. The van der Waals surface area contributed by atoms with Crippen molar-refractivity contribution in [3.05, 3.63) is 66.7 Å². The zero-order valence-corrected chi connectivity index (χ0v) is 14.6. The molecular weight excluding hydrogens is 324 g/mol. The van der Waals surface area contributed by atoms with Crippen molar-refractivity contribution in [2.45, 2.75) is 6.54 Å². The van der Waals surface area contributed by atoms with Gasteiger partial charge in [-0.25, -0.2) is 4.98 Å². The fourth-order valence-electron chi connectivity index (χ4n) is 4.27. The molecule has 0 unspecified atom stereocenters. The quantitative estimate of drug-likeness (QED) is 0.725. The molecule has 2 atom stereocenters. The number of fused-ring (bicyclic) bond motifs is 1. The van der Waals surface area contributed by atoms with Crippen LogP contribution in [0.5, 0.6) is 0 Å². The van der Waals surface area contributed by atoms with Crippen LogP contribution in [0.4, 0.5) is 5.82 Å². The maximum absolute atomic E-state index is 4.44. The smallest absolute Gasteiger partial charge is 0.160 e. The Morgan fingerprint density at radius 1 is 0.846 bits per heavy atom. The van der Waals surface area contributed by atoms with Crippen LogP contribution in [-0.2, 0) is 6.54 Å². The average molecular weight is 346 g/mol. The van der Waals surface area contributed by atoms with Crippen molar-refractivity contribution >= 4 is 5.82 Å². The molecule has 3 aromatic rings. The van der Waals surface area contributed by atoms with E-state index in [9.17, 15) is 0 Å². The molecule has 6 nitrogen and oxygen atoms in total. The van der Waals surface area contributed by atoms with Crippen molar-refractivity contribution < 1.29 is 0 Å². The first-order chi connectivity index (χ1) is 12.8. The number of hydrogen-bond acceptors (Lipinski definition) is 5. The first-order valence-electron chi connectivity index (χ1n) is 9.18. The highest BCUT2D eigenvalue weighted by molar-refractivity contribution is 5.41. The van der Waals surface area contributed by atoms with Crippen LogP contribution in [-0.4, -0.2) is 50.8 Å². The van der Waals surface area contributed by atoms with E-state index >= 15 is 0 Å². The highest BCUT2D eigenvalue weighted by Crippen LogP contribution is 2.33. The van der Waals surface area contributed by atoms with Crippen molar-refractivity contribution in [1.82, 2.24) is 24.6 Å². The van der Waals surface area contributed by atoms with Crippen molar-refractivity contribution in [3.8, 4) is 5.82 Å². The lowest BCUT2D eigenvalue weighted by Gasteiger charge is -2.22. The lowest BCUT2D eigenvalue weighted by atomic mass is 10.0. The second-order valence-corrected chi connectivity index (χ2v) is 7.32. The molecule has 2 fully saturated rings. The Kier molecular flexibility index (Phi) is 3.90. The van der Waals surface area contributed by atoms with Gasteiger partial charge in [0.25, 0.3) is 0 Å². The van der Waals surface area contributed by atoms with Crippen LogP contribution in [0.15, 0.2) is 61.2 Å². The maximum Gasteiger partial charge on any atom is 0.160 e. The molecule has 0 radical (unpaired) electrons. The molecule has 2 aliphatic rings. The zero-order chi connectivity index (χ0) is 17.3. The van der Waals surface area contributed by atoms with Gasteiger partial charge in [0.15, 0.2) is 11.6 Å². The summed E-state index contributed by atoms with van der Waals surface area (Å²) in [7, 11) is 0. The molecule has 132 valence electrons. The van der Waals surface area contributed by atoms with Gasteiger partial charge in [0.2, 0.25) is 0 Å². The molecule has 0 N–H and O–H groups in total. The van der Waals surface area contributed by atoms with Gasteiger partial charge in [-0.3, -0.25) is 9.47 Å². The third-order valence-electron chi connectivity index (χ3n) is 5.54. The van der Waals surface area contributed by atoms with E-state index in [1.54, 1.807) is 12.5 Å². The fourth-order valence-corrected chi connectivity index (χ4v) is 4.27. The molecule has 0 amide bonds. The van der Waals surface area contributed by atoms with Gasteiger partial charge in [-0.1, -0.05) is 30.3 Å². The van der Waals surface area contributed by atoms with Crippen LogP contribution in [0, 0.1) is 11.8 Å². The van der Waals surface area contributed by atoms with E-state index in [4.69, 9.17) is 0 Å². The van der Waals surface area contributed by atoms with Crippen LogP contribution >= 0.6 is 0 Å². The predicted octanol–water partition coefficient (Wildman–Crippen LogP) is 2.23. The number of hydrogen-bond donors (Lipinski definition) is 0. The number of rotatable bonds is 4. The lowest BCUT2D eigenvalue weighted by Crippen LogP contribution is -2.29. The Balaban J connectivity index is 1.21. The Bertz CT molecular complexity index is 832. The van der Waals surface area contributed by atoms with E-state index in [1.807, 2.05) is 16.8 Å². The standard InChI is InChI=1S/C20H22N6/c1-2-4-16(5-3-1)10-24-11-17-13-26(14-18(17)12-24)20-7-6-19(22-23-20)25-9-8-21-15-25/h1-9,15,17-18H,10-14H2/t17-,18-/m1/s1.